The average molecular weight is 575 g/mol. The Kier molecular flexibility index (Phi) is 6.30. The minimum Gasteiger partial charge on any atom is -0.481 e. The summed E-state index contributed by atoms with van der Waals surface area (Å²) >= 11 is 0. The number of nitrogens with zero attached hydrogens (tertiary/aromatic N) is 9. The molecule has 0 bridgehead atoms. The topological polar surface area (TPSA) is 139 Å². The number of methoxy groups -OCH3 is 1. The molecule has 1 saturated carbocycles. The molecule has 6 heterocycles. The van der Waals surface area contributed by atoms with Crippen LogP contribution in [0.1, 0.15) is 35.7 Å². The van der Waals surface area contributed by atoms with E-state index < -0.39 is 0 Å². The molecule has 7 rings (SSSR count). The lowest BCUT2D eigenvalue weighted by Crippen LogP contribution is -2.45. The minimum absolute atomic E-state index is 0.115. The van der Waals surface area contributed by atoms with Gasteiger partial charge in [0, 0.05) is 67.0 Å². The molecule has 3 atom stereocenters. The molecule has 0 aromatic carbocycles. The van der Waals surface area contributed by atoms with E-state index in [0.29, 0.717) is 40.1 Å². The highest BCUT2D eigenvalue weighted by Gasteiger charge is 2.47. The highest BCUT2D eigenvalue weighted by Crippen LogP contribution is 2.44. The van der Waals surface area contributed by atoms with Gasteiger partial charge in [0.25, 0.3) is 5.91 Å². The van der Waals surface area contributed by atoms with Crippen molar-refractivity contribution in [3.63, 3.8) is 0 Å². The monoisotopic (exact) mass is 574 g/mol. The number of ether oxygens (including phenoxy) is 1. The van der Waals surface area contributed by atoms with Crippen LogP contribution in [0.5, 0.6) is 5.88 Å². The normalized spacial score (nSPS) is 21.1. The molecule has 2 aliphatic rings. The number of pyridine rings is 2. The van der Waals surface area contributed by atoms with Crippen molar-refractivity contribution in [1.29, 1.82) is 5.26 Å². The van der Waals surface area contributed by atoms with Gasteiger partial charge >= 0.3 is 0 Å². The number of nitriles is 1. The fourth-order valence-corrected chi connectivity index (χ4v) is 6.66. The van der Waals surface area contributed by atoms with Crippen molar-refractivity contribution in [1.82, 2.24) is 39.7 Å². The van der Waals surface area contributed by atoms with Crippen LogP contribution < -0.4 is 15.0 Å². The van der Waals surface area contributed by atoms with Gasteiger partial charge in [0.1, 0.15) is 11.9 Å². The summed E-state index contributed by atoms with van der Waals surface area (Å²) in [7, 11) is 3.43. The molecule has 5 aromatic heterocycles. The van der Waals surface area contributed by atoms with E-state index in [9.17, 15) is 10.1 Å². The smallest absolute Gasteiger partial charge is 0.253 e. The summed E-state index contributed by atoms with van der Waals surface area (Å²) in [6.45, 7) is 3.85. The number of fused-ring (bicyclic) bond motifs is 2. The maximum absolute atomic E-state index is 12.9. The number of nitrogens with one attached hydrogen (secondary N) is 1. The average Bonchev–Trinajstić information content (AvgIpc) is 3.79. The van der Waals surface area contributed by atoms with Crippen molar-refractivity contribution in [3.05, 3.63) is 72.7 Å². The lowest BCUT2D eigenvalue weighted by molar-refractivity contribution is 0.0904. The fraction of sp³-hybridized carbons (Fsp3) is 0.323. The predicted molar refractivity (Wildman–Crippen MR) is 158 cm³/mol. The molecule has 1 aliphatic carbocycles. The van der Waals surface area contributed by atoms with E-state index in [4.69, 9.17) is 14.7 Å². The molecule has 12 nitrogen and oxygen atoms in total. The van der Waals surface area contributed by atoms with Crippen molar-refractivity contribution in [3.8, 4) is 34.3 Å². The summed E-state index contributed by atoms with van der Waals surface area (Å²) in [4.78, 5) is 29.0. The first-order valence-electron chi connectivity index (χ1n) is 14.1. The first kappa shape index (κ1) is 26.6. The molecular weight excluding hydrogens is 544 g/mol. The number of rotatable bonds is 6. The lowest BCUT2D eigenvalue weighted by atomic mass is 9.97. The van der Waals surface area contributed by atoms with Gasteiger partial charge in [-0.15, -0.1) is 0 Å². The molecule has 0 radical (unpaired) electrons. The van der Waals surface area contributed by atoms with Crippen LogP contribution in [0.3, 0.4) is 0 Å². The number of anilines is 1. The second kappa shape index (κ2) is 10.2. The molecule has 1 saturated heterocycles. The highest BCUT2D eigenvalue weighted by atomic mass is 16.5. The molecule has 43 heavy (non-hydrogen) atoms. The largest absolute Gasteiger partial charge is 0.481 e. The van der Waals surface area contributed by atoms with Gasteiger partial charge in [0.15, 0.2) is 0 Å². The van der Waals surface area contributed by atoms with E-state index >= 15 is 0 Å². The molecule has 2 fully saturated rings. The van der Waals surface area contributed by atoms with Crippen molar-refractivity contribution >= 4 is 17.2 Å². The Labute approximate surface area is 248 Å². The highest BCUT2D eigenvalue weighted by molar-refractivity contribution is 5.94. The van der Waals surface area contributed by atoms with Gasteiger partial charge in [-0.1, -0.05) is 0 Å². The van der Waals surface area contributed by atoms with Gasteiger partial charge in [0.2, 0.25) is 5.88 Å². The van der Waals surface area contributed by atoms with Crippen LogP contribution in [0.2, 0.25) is 0 Å². The zero-order valence-corrected chi connectivity index (χ0v) is 24.1. The Balaban J connectivity index is 1.07. The SMILES string of the molecule is COc1ccc(C(=O)N[C@]2(C)C[C@H]3CN(c4cnc(-c5cc(-c6cnn(C)c6)cn6ncc(C#N)c56)cn4)C[C@H]3C2)cn1. The summed E-state index contributed by atoms with van der Waals surface area (Å²) in [6, 6.07) is 7.69. The number of hydrogen-bond acceptors (Lipinski definition) is 9. The van der Waals surface area contributed by atoms with Crippen LogP contribution in [0.25, 0.3) is 27.9 Å². The van der Waals surface area contributed by atoms with Gasteiger partial charge in [-0.2, -0.15) is 15.5 Å². The molecule has 5 aromatic rings. The second-order valence-corrected chi connectivity index (χ2v) is 11.7. The van der Waals surface area contributed by atoms with Crippen LogP contribution >= 0.6 is 0 Å². The van der Waals surface area contributed by atoms with Gasteiger partial charge in [-0.3, -0.25) is 14.5 Å². The maximum atomic E-state index is 12.9. The lowest BCUT2D eigenvalue weighted by Gasteiger charge is -2.28. The third kappa shape index (κ3) is 4.82. The van der Waals surface area contributed by atoms with E-state index in [0.717, 1.165) is 48.4 Å². The maximum Gasteiger partial charge on any atom is 0.253 e. The number of hydrogen-bond donors (Lipinski definition) is 1. The predicted octanol–water partition coefficient (Wildman–Crippen LogP) is 3.50. The summed E-state index contributed by atoms with van der Waals surface area (Å²) in [5.74, 6) is 2.08. The first-order valence-corrected chi connectivity index (χ1v) is 14.1. The minimum atomic E-state index is -0.275. The first-order chi connectivity index (χ1) is 20.8. The second-order valence-electron chi connectivity index (χ2n) is 11.7. The van der Waals surface area contributed by atoms with Gasteiger partial charge in [-0.25, -0.2) is 14.5 Å². The zero-order chi connectivity index (χ0) is 29.7. The van der Waals surface area contributed by atoms with Crippen LogP contribution in [-0.2, 0) is 7.05 Å². The number of aryl methyl sites for hydroxylation is 1. The Bertz CT molecular complexity index is 1860. The van der Waals surface area contributed by atoms with E-state index in [2.05, 4.69) is 38.4 Å². The van der Waals surface area contributed by atoms with E-state index in [1.54, 1.807) is 53.2 Å². The van der Waals surface area contributed by atoms with Crippen LogP contribution in [0, 0.1) is 23.2 Å². The van der Waals surface area contributed by atoms with E-state index in [-0.39, 0.29) is 11.4 Å². The number of amides is 1. The Hall–Kier alpha value is -5.31. The van der Waals surface area contributed by atoms with Crippen molar-refractivity contribution in [2.75, 3.05) is 25.1 Å². The van der Waals surface area contributed by atoms with Crippen LogP contribution in [-0.4, -0.2) is 66.0 Å². The molecule has 1 aliphatic heterocycles. The number of carbonyl (C=O) groups is 1. The molecule has 1 amide bonds. The Morgan fingerprint density at radius 3 is 2.47 bits per heavy atom. The fourth-order valence-electron chi connectivity index (χ4n) is 6.66. The Morgan fingerprint density at radius 2 is 1.84 bits per heavy atom. The summed E-state index contributed by atoms with van der Waals surface area (Å²) < 4.78 is 8.56. The van der Waals surface area contributed by atoms with Crippen LogP contribution in [0.4, 0.5) is 5.82 Å². The van der Waals surface area contributed by atoms with Crippen LogP contribution in [0.15, 0.2) is 61.6 Å². The van der Waals surface area contributed by atoms with Crippen molar-refractivity contribution < 1.29 is 9.53 Å². The third-order valence-corrected chi connectivity index (χ3v) is 8.63. The van der Waals surface area contributed by atoms with E-state index in [1.807, 2.05) is 31.7 Å². The molecule has 12 heteroatoms. The molecular formula is C31H30N10O2. The quantitative estimate of drug-likeness (QED) is 0.323. The van der Waals surface area contributed by atoms with Crippen molar-refractivity contribution in [2.45, 2.75) is 25.3 Å². The number of aromatic nitrogens is 7. The van der Waals surface area contributed by atoms with Gasteiger partial charge < -0.3 is 15.0 Å². The molecule has 216 valence electrons. The van der Waals surface area contributed by atoms with Crippen molar-refractivity contribution in [2.24, 2.45) is 18.9 Å². The molecule has 0 unspecified atom stereocenters. The summed E-state index contributed by atoms with van der Waals surface area (Å²) in [6.07, 6.45) is 14.1. The Morgan fingerprint density at radius 1 is 1.02 bits per heavy atom. The summed E-state index contributed by atoms with van der Waals surface area (Å²) in [5, 5.41) is 21.7. The molecule has 0 spiro atoms. The van der Waals surface area contributed by atoms with E-state index in [1.165, 1.54) is 0 Å². The van der Waals surface area contributed by atoms with Gasteiger partial charge in [-0.05, 0) is 43.7 Å². The summed E-state index contributed by atoms with van der Waals surface area (Å²) in [5.41, 5.74) is 4.73. The van der Waals surface area contributed by atoms with Gasteiger partial charge in [0.05, 0.1) is 54.2 Å². The number of carbonyl (C=O) groups excluding carboxylic acids is 1. The standard InChI is InChI=1S/C31H30N10O2/c1-31(38-30(42)19-4-5-28(43-3)35-10-19)7-21-16-40(17-22(21)8-31)27-14-33-26(13-34-27)25-6-20(24-12-36-39(2)15-24)18-41-29(25)23(9-32)11-37-41/h4-6,10-15,18,21-22H,7-8,16-17H2,1-3H3,(H,38,42)/t21-,22+,31+. The zero-order valence-electron chi connectivity index (χ0n) is 24.1. The molecule has 1 N–H and O–H groups in total. The third-order valence-electron chi connectivity index (χ3n) is 8.63.